The Kier molecular flexibility index (Phi) is 3.08. The minimum atomic E-state index is -0.508. The summed E-state index contributed by atoms with van der Waals surface area (Å²) in [7, 11) is 1.55. The number of thiazole rings is 1. The van der Waals surface area contributed by atoms with Gasteiger partial charge in [-0.25, -0.2) is 9.97 Å². The van der Waals surface area contributed by atoms with Crippen molar-refractivity contribution in [2.24, 2.45) is 5.73 Å². The van der Waals surface area contributed by atoms with Crippen LogP contribution >= 0.6 is 11.3 Å². The molecule has 0 atom stereocenters. The van der Waals surface area contributed by atoms with Crippen molar-refractivity contribution in [3.05, 3.63) is 42.1 Å². The summed E-state index contributed by atoms with van der Waals surface area (Å²) in [6, 6.07) is 8.87. The highest BCUT2D eigenvalue weighted by Gasteiger charge is 2.18. The maximum absolute atomic E-state index is 11.6. The van der Waals surface area contributed by atoms with Crippen LogP contribution in [-0.2, 0) is 0 Å². The van der Waals surface area contributed by atoms with Gasteiger partial charge in [0, 0.05) is 6.20 Å². The first kappa shape index (κ1) is 12.6. The number of rotatable bonds is 3. The molecule has 2 aromatic heterocycles. The van der Waals surface area contributed by atoms with Crippen molar-refractivity contribution < 1.29 is 9.53 Å². The number of nitrogens with zero attached hydrogens (tertiary/aromatic N) is 2. The van der Waals surface area contributed by atoms with Crippen molar-refractivity contribution in [2.45, 2.75) is 0 Å². The monoisotopic (exact) mass is 285 g/mol. The third-order valence-electron chi connectivity index (χ3n) is 2.89. The van der Waals surface area contributed by atoms with Gasteiger partial charge in [-0.15, -0.1) is 0 Å². The maximum atomic E-state index is 11.6. The summed E-state index contributed by atoms with van der Waals surface area (Å²) in [4.78, 5) is 21.2. The molecule has 100 valence electrons. The Bertz CT molecular complexity index is 765. The number of hydrogen-bond donors (Lipinski definition) is 1. The number of aromatic nitrogens is 2. The molecule has 2 heterocycles. The number of carbonyl (C=O) groups is 1. The van der Waals surface area contributed by atoms with Crippen LogP contribution in [0, 0.1) is 0 Å². The molecule has 0 spiro atoms. The van der Waals surface area contributed by atoms with E-state index >= 15 is 0 Å². The normalized spacial score (nSPS) is 10.7. The molecular weight excluding hydrogens is 274 g/mol. The number of pyridine rings is 1. The summed E-state index contributed by atoms with van der Waals surface area (Å²) in [5.41, 5.74) is 7.23. The van der Waals surface area contributed by atoms with E-state index in [0.717, 1.165) is 10.3 Å². The van der Waals surface area contributed by atoms with Crippen molar-refractivity contribution in [3.63, 3.8) is 0 Å². The summed E-state index contributed by atoms with van der Waals surface area (Å²) < 4.78 is 5.33. The molecule has 1 aromatic carbocycles. The van der Waals surface area contributed by atoms with Crippen LogP contribution in [-0.4, -0.2) is 23.0 Å². The Labute approximate surface area is 119 Å². The van der Waals surface area contributed by atoms with Gasteiger partial charge in [-0.05, 0) is 24.3 Å². The summed E-state index contributed by atoms with van der Waals surface area (Å²) >= 11 is 1.40. The molecule has 3 rings (SSSR count). The molecular formula is C14H11N3O2S. The lowest BCUT2D eigenvalue weighted by molar-refractivity contribution is 0.100. The molecule has 0 aliphatic carbocycles. The minimum absolute atomic E-state index is 0.392. The second-order valence-electron chi connectivity index (χ2n) is 4.09. The lowest BCUT2D eigenvalue weighted by Crippen LogP contribution is -2.12. The zero-order chi connectivity index (χ0) is 14.1. The van der Waals surface area contributed by atoms with E-state index in [1.807, 2.05) is 12.1 Å². The van der Waals surface area contributed by atoms with Crippen LogP contribution in [0.3, 0.4) is 0 Å². The molecule has 0 fully saturated rings. The van der Waals surface area contributed by atoms with Gasteiger partial charge in [0.25, 0.3) is 0 Å². The average Bonchev–Trinajstić information content (AvgIpc) is 2.89. The van der Waals surface area contributed by atoms with Gasteiger partial charge in [0.15, 0.2) is 0 Å². The predicted octanol–water partition coefficient (Wildman–Crippen LogP) is 2.47. The number of amides is 1. The SMILES string of the molecule is COc1cccc(C(N)=O)c1-c1nc2cccnc2s1. The summed E-state index contributed by atoms with van der Waals surface area (Å²) in [6.07, 6.45) is 1.71. The third-order valence-corrected chi connectivity index (χ3v) is 3.89. The summed E-state index contributed by atoms with van der Waals surface area (Å²) in [5.74, 6) is 0.0615. The number of methoxy groups -OCH3 is 1. The zero-order valence-corrected chi connectivity index (χ0v) is 11.5. The number of ether oxygens (including phenoxy) is 1. The van der Waals surface area contributed by atoms with Gasteiger partial charge in [0.05, 0.1) is 18.2 Å². The molecule has 0 saturated carbocycles. The van der Waals surface area contributed by atoms with Gasteiger partial charge in [0.1, 0.15) is 21.1 Å². The van der Waals surface area contributed by atoms with E-state index in [2.05, 4.69) is 9.97 Å². The van der Waals surface area contributed by atoms with E-state index in [1.165, 1.54) is 11.3 Å². The van der Waals surface area contributed by atoms with E-state index < -0.39 is 5.91 Å². The zero-order valence-electron chi connectivity index (χ0n) is 10.7. The first-order chi connectivity index (χ1) is 9.70. The molecule has 6 heteroatoms. The molecule has 0 unspecified atom stereocenters. The fourth-order valence-electron chi connectivity index (χ4n) is 2.00. The van der Waals surface area contributed by atoms with Gasteiger partial charge in [-0.1, -0.05) is 17.4 Å². The largest absolute Gasteiger partial charge is 0.496 e. The van der Waals surface area contributed by atoms with Crippen molar-refractivity contribution in [3.8, 4) is 16.3 Å². The van der Waals surface area contributed by atoms with E-state index in [9.17, 15) is 4.79 Å². The predicted molar refractivity (Wildman–Crippen MR) is 77.9 cm³/mol. The molecule has 0 aliphatic heterocycles. The molecule has 0 radical (unpaired) electrons. The van der Waals surface area contributed by atoms with Crippen molar-refractivity contribution >= 4 is 27.6 Å². The highest BCUT2D eigenvalue weighted by atomic mass is 32.1. The molecule has 20 heavy (non-hydrogen) atoms. The Morgan fingerprint density at radius 2 is 2.15 bits per heavy atom. The van der Waals surface area contributed by atoms with Crippen LogP contribution in [0.4, 0.5) is 0 Å². The molecule has 2 N–H and O–H groups in total. The standard InChI is InChI=1S/C14H11N3O2S/c1-19-10-6-2-4-8(12(15)18)11(10)14-17-9-5-3-7-16-13(9)20-14/h2-7H,1H3,(H2,15,18). The highest BCUT2D eigenvalue weighted by molar-refractivity contribution is 7.21. The maximum Gasteiger partial charge on any atom is 0.249 e. The van der Waals surface area contributed by atoms with Crippen molar-refractivity contribution in [1.29, 1.82) is 0 Å². The Morgan fingerprint density at radius 1 is 1.30 bits per heavy atom. The first-order valence-electron chi connectivity index (χ1n) is 5.89. The lowest BCUT2D eigenvalue weighted by atomic mass is 10.1. The van der Waals surface area contributed by atoms with Crippen LogP contribution in [0.2, 0.25) is 0 Å². The van der Waals surface area contributed by atoms with Crippen LogP contribution in [0.5, 0.6) is 5.75 Å². The second kappa shape index (κ2) is 4.90. The van der Waals surface area contributed by atoms with Crippen molar-refractivity contribution in [1.82, 2.24) is 9.97 Å². The molecule has 3 aromatic rings. The number of fused-ring (bicyclic) bond motifs is 1. The summed E-state index contributed by atoms with van der Waals surface area (Å²) in [6.45, 7) is 0. The third kappa shape index (κ3) is 2.00. The number of carbonyl (C=O) groups excluding carboxylic acids is 1. The smallest absolute Gasteiger partial charge is 0.249 e. The lowest BCUT2D eigenvalue weighted by Gasteiger charge is -2.09. The quantitative estimate of drug-likeness (QED) is 0.801. The van der Waals surface area contributed by atoms with Crippen LogP contribution in [0.25, 0.3) is 20.9 Å². The number of primary amides is 1. The molecule has 0 aliphatic rings. The Hall–Kier alpha value is -2.47. The molecule has 0 saturated heterocycles. The molecule has 0 bridgehead atoms. The van der Waals surface area contributed by atoms with Gasteiger partial charge in [-0.2, -0.15) is 0 Å². The second-order valence-corrected chi connectivity index (χ2v) is 5.07. The van der Waals surface area contributed by atoms with E-state index in [0.29, 0.717) is 21.9 Å². The van der Waals surface area contributed by atoms with E-state index in [1.54, 1.807) is 31.5 Å². The topological polar surface area (TPSA) is 78.1 Å². The molecule has 1 amide bonds. The highest BCUT2D eigenvalue weighted by Crippen LogP contribution is 2.37. The van der Waals surface area contributed by atoms with Gasteiger partial charge < -0.3 is 10.5 Å². The average molecular weight is 285 g/mol. The fourth-order valence-corrected chi connectivity index (χ4v) is 2.98. The first-order valence-corrected chi connectivity index (χ1v) is 6.71. The Morgan fingerprint density at radius 3 is 2.85 bits per heavy atom. The van der Waals surface area contributed by atoms with Gasteiger partial charge in [0.2, 0.25) is 5.91 Å². The van der Waals surface area contributed by atoms with E-state index in [-0.39, 0.29) is 0 Å². The number of benzene rings is 1. The van der Waals surface area contributed by atoms with Crippen LogP contribution < -0.4 is 10.5 Å². The Balaban J connectivity index is 2.29. The van der Waals surface area contributed by atoms with Crippen LogP contribution in [0.15, 0.2) is 36.5 Å². The van der Waals surface area contributed by atoms with Crippen molar-refractivity contribution in [2.75, 3.05) is 7.11 Å². The fraction of sp³-hybridized carbons (Fsp3) is 0.0714. The number of hydrogen-bond acceptors (Lipinski definition) is 5. The molecule has 5 nitrogen and oxygen atoms in total. The van der Waals surface area contributed by atoms with Gasteiger partial charge >= 0.3 is 0 Å². The van der Waals surface area contributed by atoms with Crippen LogP contribution in [0.1, 0.15) is 10.4 Å². The van der Waals surface area contributed by atoms with Gasteiger partial charge in [-0.3, -0.25) is 4.79 Å². The minimum Gasteiger partial charge on any atom is -0.496 e. The van der Waals surface area contributed by atoms with E-state index in [4.69, 9.17) is 10.5 Å². The number of nitrogens with two attached hydrogens (primary N) is 1. The summed E-state index contributed by atoms with van der Waals surface area (Å²) in [5, 5.41) is 0.671.